The fraction of sp³-hybridized carbons (Fsp3) is 0.500. The molecule has 0 unspecified atom stereocenters. The first kappa shape index (κ1) is 17.7. The largest absolute Gasteiger partial charge is 0.320 e. The van der Waals surface area contributed by atoms with Crippen LogP contribution in [0.15, 0.2) is 23.1 Å². The molecule has 0 radical (unpaired) electrons. The van der Waals surface area contributed by atoms with Crippen LogP contribution in [0.4, 0.5) is 0 Å². The van der Waals surface area contributed by atoms with Crippen LogP contribution in [0.5, 0.6) is 0 Å². The van der Waals surface area contributed by atoms with Gasteiger partial charge < -0.3 is 5.73 Å². The maximum absolute atomic E-state index is 12.5. The van der Waals surface area contributed by atoms with Gasteiger partial charge in [0.2, 0.25) is 10.0 Å². The van der Waals surface area contributed by atoms with Crippen LogP contribution in [0.1, 0.15) is 37.3 Å². The van der Waals surface area contributed by atoms with Crippen LogP contribution in [-0.4, -0.2) is 32.9 Å². The Bertz CT molecular complexity index is 627. The first-order chi connectivity index (χ1) is 9.93. The Morgan fingerprint density at radius 3 is 2.57 bits per heavy atom. The molecule has 0 amide bonds. The number of nitrogens with zero attached hydrogens (tertiary/aromatic N) is 1. The molecule has 1 aromatic carbocycles. The summed E-state index contributed by atoms with van der Waals surface area (Å²) < 4.78 is 26.4. The molecule has 4 nitrogen and oxygen atoms in total. The zero-order valence-corrected chi connectivity index (χ0v) is 13.8. The Morgan fingerprint density at radius 1 is 1.29 bits per heavy atom. The van der Waals surface area contributed by atoms with E-state index in [0.717, 1.165) is 30.4 Å². The average molecular weight is 308 g/mol. The van der Waals surface area contributed by atoms with Gasteiger partial charge in [-0.2, -0.15) is 0 Å². The molecule has 5 heteroatoms. The molecule has 0 saturated heterocycles. The van der Waals surface area contributed by atoms with Crippen LogP contribution >= 0.6 is 0 Å². The third-order valence-electron chi connectivity index (χ3n) is 3.31. The van der Waals surface area contributed by atoms with E-state index in [4.69, 9.17) is 5.73 Å². The minimum Gasteiger partial charge on any atom is -0.320 e. The van der Waals surface area contributed by atoms with Gasteiger partial charge in [0.15, 0.2) is 0 Å². The fourth-order valence-corrected chi connectivity index (χ4v) is 3.26. The third kappa shape index (κ3) is 4.85. The first-order valence-electron chi connectivity index (χ1n) is 7.19. The molecule has 0 atom stereocenters. The van der Waals surface area contributed by atoms with Crippen molar-refractivity contribution in [2.45, 2.75) is 38.0 Å². The van der Waals surface area contributed by atoms with E-state index in [1.54, 1.807) is 25.2 Å². The molecule has 0 aliphatic carbocycles. The van der Waals surface area contributed by atoms with Gasteiger partial charge in [-0.3, -0.25) is 0 Å². The Labute approximate surface area is 128 Å². The molecule has 0 fully saturated rings. The second kappa shape index (κ2) is 8.18. The van der Waals surface area contributed by atoms with Crippen molar-refractivity contribution in [3.63, 3.8) is 0 Å². The van der Waals surface area contributed by atoms with E-state index in [0.29, 0.717) is 18.0 Å². The van der Waals surface area contributed by atoms with Crippen molar-refractivity contribution in [1.29, 1.82) is 0 Å². The standard InChI is InChI=1S/C16H24N2O2S/c1-4-5-6-12-18(3)21(19,20)16-10-9-15(8-7-11-17)14(2)13-16/h9-10,13H,4-6,11-12,17H2,1-3H3. The minimum absolute atomic E-state index is 0.291. The van der Waals surface area contributed by atoms with Gasteiger partial charge in [-0.1, -0.05) is 31.6 Å². The van der Waals surface area contributed by atoms with E-state index in [9.17, 15) is 8.42 Å². The van der Waals surface area contributed by atoms with Crippen LogP contribution < -0.4 is 5.73 Å². The molecule has 1 aromatic rings. The second-order valence-corrected chi connectivity index (χ2v) is 7.06. The summed E-state index contributed by atoms with van der Waals surface area (Å²) in [6.07, 6.45) is 2.99. The zero-order chi connectivity index (χ0) is 15.9. The van der Waals surface area contributed by atoms with Gasteiger partial charge in [0.25, 0.3) is 0 Å². The average Bonchev–Trinajstić information content (AvgIpc) is 2.46. The number of hydrogen-bond donors (Lipinski definition) is 1. The highest BCUT2D eigenvalue weighted by Gasteiger charge is 2.20. The van der Waals surface area contributed by atoms with Crippen molar-refractivity contribution in [3.05, 3.63) is 29.3 Å². The molecule has 0 aromatic heterocycles. The lowest BCUT2D eigenvalue weighted by molar-refractivity contribution is 0.454. The number of aryl methyl sites for hydroxylation is 1. The Kier molecular flexibility index (Phi) is 6.90. The van der Waals surface area contributed by atoms with E-state index in [-0.39, 0.29) is 0 Å². The van der Waals surface area contributed by atoms with Gasteiger partial charge in [-0.15, -0.1) is 0 Å². The van der Waals surface area contributed by atoms with Crippen molar-refractivity contribution in [2.75, 3.05) is 20.1 Å². The quantitative estimate of drug-likeness (QED) is 0.647. The van der Waals surface area contributed by atoms with Crippen LogP contribution in [0.25, 0.3) is 0 Å². The van der Waals surface area contributed by atoms with E-state index < -0.39 is 10.0 Å². The smallest absolute Gasteiger partial charge is 0.242 e. The molecule has 0 heterocycles. The highest BCUT2D eigenvalue weighted by Crippen LogP contribution is 2.18. The van der Waals surface area contributed by atoms with Crippen LogP contribution in [0, 0.1) is 18.8 Å². The maximum Gasteiger partial charge on any atom is 0.242 e. The Morgan fingerprint density at radius 2 is 2.00 bits per heavy atom. The van der Waals surface area contributed by atoms with Gasteiger partial charge >= 0.3 is 0 Å². The third-order valence-corrected chi connectivity index (χ3v) is 5.16. The van der Waals surface area contributed by atoms with Gasteiger partial charge in [0, 0.05) is 19.2 Å². The number of benzene rings is 1. The van der Waals surface area contributed by atoms with Gasteiger partial charge in [0.05, 0.1) is 11.4 Å². The molecule has 21 heavy (non-hydrogen) atoms. The van der Waals surface area contributed by atoms with Crippen molar-refractivity contribution in [3.8, 4) is 11.8 Å². The fourth-order valence-electron chi connectivity index (χ4n) is 1.97. The molecule has 2 N–H and O–H groups in total. The van der Waals surface area contributed by atoms with E-state index in [1.165, 1.54) is 4.31 Å². The molecule has 0 aliphatic heterocycles. The number of nitrogens with two attached hydrogens (primary N) is 1. The molecular weight excluding hydrogens is 284 g/mol. The summed E-state index contributed by atoms with van der Waals surface area (Å²) in [5, 5.41) is 0. The van der Waals surface area contributed by atoms with Crippen LogP contribution in [-0.2, 0) is 10.0 Å². The van der Waals surface area contributed by atoms with Crippen LogP contribution in [0.2, 0.25) is 0 Å². The summed E-state index contributed by atoms with van der Waals surface area (Å²) in [5.74, 6) is 5.72. The lowest BCUT2D eigenvalue weighted by Gasteiger charge is -2.17. The minimum atomic E-state index is -3.42. The van der Waals surface area contributed by atoms with Crippen molar-refractivity contribution in [1.82, 2.24) is 4.31 Å². The van der Waals surface area contributed by atoms with Gasteiger partial charge in [-0.05, 0) is 37.1 Å². The Balaban J connectivity index is 2.96. The SMILES string of the molecule is CCCCCN(C)S(=O)(=O)c1ccc(C#CCN)c(C)c1. The van der Waals surface area contributed by atoms with Gasteiger partial charge in [0.1, 0.15) is 0 Å². The molecule has 0 aliphatic rings. The Hall–Kier alpha value is -1.35. The molecule has 1 rings (SSSR count). The summed E-state index contributed by atoms with van der Waals surface area (Å²) in [5.41, 5.74) is 7.01. The number of hydrogen-bond acceptors (Lipinski definition) is 3. The highest BCUT2D eigenvalue weighted by molar-refractivity contribution is 7.89. The van der Waals surface area contributed by atoms with Crippen LogP contribution in [0.3, 0.4) is 0 Å². The number of rotatable bonds is 6. The first-order valence-corrected chi connectivity index (χ1v) is 8.63. The normalized spacial score (nSPS) is 11.3. The lowest BCUT2D eigenvalue weighted by atomic mass is 10.1. The molecule has 0 spiro atoms. The monoisotopic (exact) mass is 308 g/mol. The summed E-state index contributed by atoms with van der Waals surface area (Å²) in [7, 11) is -1.79. The molecule has 0 saturated carbocycles. The van der Waals surface area contributed by atoms with E-state index in [1.807, 2.05) is 6.92 Å². The topological polar surface area (TPSA) is 63.4 Å². The molecule has 116 valence electrons. The van der Waals surface area contributed by atoms with Crippen molar-refractivity contribution >= 4 is 10.0 Å². The van der Waals surface area contributed by atoms with Crippen molar-refractivity contribution < 1.29 is 8.42 Å². The molecular formula is C16H24N2O2S. The summed E-state index contributed by atoms with van der Waals surface area (Å²) in [4.78, 5) is 0.317. The predicted molar refractivity (Wildman–Crippen MR) is 86.5 cm³/mol. The summed E-state index contributed by atoms with van der Waals surface area (Å²) >= 11 is 0. The predicted octanol–water partition coefficient (Wildman–Crippen LogP) is 2.12. The lowest BCUT2D eigenvalue weighted by Crippen LogP contribution is -2.28. The zero-order valence-electron chi connectivity index (χ0n) is 13.0. The molecule has 0 bridgehead atoms. The second-order valence-electron chi connectivity index (χ2n) is 5.02. The highest BCUT2D eigenvalue weighted by atomic mass is 32.2. The van der Waals surface area contributed by atoms with Crippen molar-refractivity contribution in [2.24, 2.45) is 5.73 Å². The summed E-state index contributed by atoms with van der Waals surface area (Å²) in [6, 6.07) is 5.02. The van der Waals surface area contributed by atoms with E-state index >= 15 is 0 Å². The van der Waals surface area contributed by atoms with Gasteiger partial charge in [-0.25, -0.2) is 12.7 Å². The number of unbranched alkanes of at least 4 members (excludes halogenated alkanes) is 2. The summed E-state index contributed by atoms with van der Waals surface area (Å²) in [6.45, 7) is 4.79. The maximum atomic E-state index is 12.5. The number of sulfonamides is 1. The van der Waals surface area contributed by atoms with E-state index in [2.05, 4.69) is 18.8 Å².